The van der Waals surface area contributed by atoms with Gasteiger partial charge in [-0.2, -0.15) is 0 Å². The number of hydrogen-bond donors (Lipinski definition) is 0. The molecule has 4 nitrogen and oxygen atoms in total. The molecule has 0 N–H and O–H groups in total. The van der Waals surface area contributed by atoms with Crippen LogP contribution in [0, 0.1) is 5.92 Å². The summed E-state index contributed by atoms with van der Waals surface area (Å²) < 4.78 is 0. The van der Waals surface area contributed by atoms with Gasteiger partial charge in [-0.3, -0.25) is 9.59 Å². The maximum Gasteiger partial charge on any atom is 0.231 e. The summed E-state index contributed by atoms with van der Waals surface area (Å²) in [6, 6.07) is 7.65. The SMILES string of the molecule is CCCCCN1C(=O)C(C)CN(C=O)c2ccccc21. The minimum absolute atomic E-state index is 0.109. The first kappa shape index (κ1) is 14.6. The Morgan fingerprint density at radius 3 is 2.60 bits per heavy atom. The predicted octanol–water partition coefficient (Wildman–Crippen LogP) is 2.82. The van der Waals surface area contributed by atoms with Crippen molar-refractivity contribution in [3.63, 3.8) is 0 Å². The third kappa shape index (κ3) is 2.84. The lowest BCUT2D eigenvalue weighted by atomic mass is 10.1. The highest BCUT2D eigenvalue weighted by atomic mass is 16.2. The van der Waals surface area contributed by atoms with Crippen LogP contribution in [-0.2, 0) is 9.59 Å². The number of carbonyl (C=O) groups is 2. The Balaban J connectivity index is 2.36. The highest BCUT2D eigenvalue weighted by Crippen LogP contribution is 2.33. The van der Waals surface area contributed by atoms with Crippen molar-refractivity contribution in [1.29, 1.82) is 0 Å². The Bertz CT molecular complexity index is 487. The van der Waals surface area contributed by atoms with Crippen LogP contribution in [0.15, 0.2) is 24.3 Å². The van der Waals surface area contributed by atoms with E-state index in [0.717, 1.165) is 43.6 Å². The predicted molar refractivity (Wildman–Crippen MR) is 80.9 cm³/mol. The lowest BCUT2D eigenvalue weighted by Gasteiger charge is -2.24. The zero-order valence-corrected chi connectivity index (χ0v) is 12.2. The summed E-state index contributed by atoms with van der Waals surface area (Å²) in [7, 11) is 0. The molecule has 2 rings (SSSR count). The lowest BCUT2D eigenvalue weighted by Crippen LogP contribution is -2.37. The van der Waals surface area contributed by atoms with Gasteiger partial charge < -0.3 is 9.80 Å². The van der Waals surface area contributed by atoms with Gasteiger partial charge in [-0.15, -0.1) is 0 Å². The van der Waals surface area contributed by atoms with Crippen LogP contribution >= 0.6 is 0 Å². The standard InChI is InChI=1S/C16H22N2O2/c1-3-4-7-10-18-15-9-6-5-8-14(15)17(12-19)11-13(2)16(18)20/h5-6,8-9,12-13H,3-4,7,10-11H2,1-2H3. The van der Waals surface area contributed by atoms with Crippen LogP contribution in [0.25, 0.3) is 0 Å². The Kier molecular flexibility index (Phi) is 4.77. The number of fused-ring (bicyclic) bond motifs is 1. The summed E-state index contributed by atoms with van der Waals surface area (Å²) in [5, 5.41) is 0. The molecule has 0 spiro atoms. The van der Waals surface area contributed by atoms with Crippen LogP contribution < -0.4 is 9.80 Å². The second-order valence-corrected chi connectivity index (χ2v) is 5.34. The highest BCUT2D eigenvalue weighted by Gasteiger charge is 2.30. The summed E-state index contributed by atoms with van der Waals surface area (Å²) in [6.45, 7) is 5.21. The fraction of sp³-hybridized carbons (Fsp3) is 0.500. The summed E-state index contributed by atoms with van der Waals surface area (Å²) in [5.74, 6) is -0.0628. The van der Waals surface area contributed by atoms with Crippen LogP contribution in [0.1, 0.15) is 33.1 Å². The summed E-state index contributed by atoms with van der Waals surface area (Å²) in [6.07, 6.45) is 4.04. The van der Waals surface area contributed by atoms with Gasteiger partial charge in [0.1, 0.15) is 0 Å². The molecule has 20 heavy (non-hydrogen) atoms. The average molecular weight is 274 g/mol. The van der Waals surface area contributed by atoms with Gasteiger partial charge in [0, 0.05) is 13.1 Å². The molecule has 1 heterocycles. The zero-order chi connectivity index (χ0) is 14.5. The van der Waals surface area contributed by atoms with Crippen molar-refractivity contribution in [3.05, 3.63) is 24.3 Å². The van der Waals surface area contributed by atoms with Crippen LogP contribution in [0.5, 0.6) is 0 Å². The fourth-order valence-electron chi connectivity index (χ4n) is 2.64. The number of nitrogens with zero attached hydrogens (tertiary/aromatic N) is 2. The highest BCUT2D eigenvalue weighted by molar-refractivity contribution is 6.02. The number of rotatable bonds is 5. The molecule has 1 atom stereocenters. The molecule has 0 aliphatic carbocycles. The maximum absolute atomic E-state index is 12.5. The monoisotopic (exact) mass is 274 g/mol. The number of carbonyl (C=O) groups excluding carboxylic acids is 2. The van der Waals surface area contributed by atoms with Crippen molar-refractivity contribution in [2.24, 2.45) is 5.92 Å². The number of unbranched alkanes of at least 4 members (excludes halogenated alkanes) is 2. The van der Waals surface area contributed by atoms with Crippen molar-refractivity contribution in [2.45, 2.75) is 33.1 Å². The largest absolute Gasteiger partial charge is 0.312 e. The maximum atomic E-state index is 12.5. The minimum atomic E-state index is -0.172. The third-order valence-corrected chi connectivity index (χ3v) is 3.75. The molecule has 1 aromatic carbocycles. The zero-order valence-electron chi connectivity index (χ0n) is 12.2. The van der Waals surface area contributed by atoms with E-state index in [1.54, 1.807) is 4.90 Å². The number of anilines is 2. The first-order valence-electron chi connectivity index (χ1n) is 7.31. The van der Waals surface area contributed by atoms with E-state index in [2.05, 4.69) is 6.92 Å². The number of hydrogen-bond acceptors (Lipinski definition) is 2. The van der Waals surface area contributed by atoms with Gasteiger partial charge >= 0.3 is 0 Å². The van der Waals surface area contributed by atoms with Crippen molar-refractivity contribution in [3.8, 4) is 0 Å². The normalized spacial score (nSPS) is 18.7. The van der Waals surface area contributed by atoms with Crippen molar-refractivity contribution in [1.82, 2.24) is 0 Å². The van der Waals surface area contributed by atoms with Crippen LogP contribution in [-0.4, -0.2) is 25.4 Å². The summed E-state index contributed by atoms with van der Waals surface area (Å²) >= 11 is 0. The molecule has 0 radical (unpaired) electrons. The molecule has 4 heteroatoms. The van der Waals surface area contributed by atoms with Crippen molar-refractivity contribution >= 4 is 23.7 Å². The second-order valence-electron chi connectivity index (χ2n) is 5.34. The quantitative estimate of drug-likeness (QED) is 0.612. The molecular formula is C16H22N2O2. The van der Waals surface area contributed by atoms with E-state index in [0.29, 0.717) is 6.54 Å². The van der Waals surface area contributed by atoms with E-state index in [1.807, 2.05) is 36.1 Å². The van der Waals surface area contributed by atoms with Gasteiger partial charge in [-0.25, -0.2) is 0 Å². The molecule has 0 saturated heterocycles. The first-order valence-corrected chi connectivity index (χ1v) is 7.31. The van der Waals surface area contributed by atoms with E-state index < -0.39 is 0 Å². The van der Waals surface area contributed by atoms with Crippen molar-refractivity contribution in [2.75, 3.05) is 22.9 Å². The van der Waals surface area contributed by atoms with Gasteiger partial charge in [0.25, 0.3) is 0 Å². The lowest BCUT2D eigenvalue weighted by molar-refractivity contribution is -0.121. The Morgan fingerprint density at radius 2 is 1.95 bits per heavy atom. The minimum Gasteiger partial charge on any atom is -0.312 e. The molecule has 1 aromatic rings. The van der Waals surface area contributed by atoms with Crippen LogP contribution in [0.4, 0.5) is 11.4 Å². The van der Waals surface area contributed by atoms with Gasteiger partial charge in [0.05, 0.1) is 17.3 Å². The van der Waals surface area contributed by atoms with Gasteiger partial charge in [0.2, 0.25) is 12.3 Å². The first-order chi connectivity index (χ1) is 9.69. The van der Waals surface area contributed by atoms with Gasteiger partial charge in [-0.1, -0.05) is 38.8 Å². The second kappa shape index (κ2) is 6.55. The molecule has 2 amide bonds. The molecule has 0 saturated carbocycles. The number of benzene rings is 1. The average Bonchev–Trinajstić information content (AvgIpc) is 2.57. The smallest absolute Gasteiger partial charge is 0.231 e. The Hall–Kier alpha value is -1.84. The number of amides is 2. The number of para-hydroxylation sites is 2. The van der Waals surface area contributed by atoms with Crippen molar-refractivity contribution < 1.29 is 9.59 Å². The van der Waals surface area contributed by atoms with E-state index in [1.165, 1.54) is 0 Å². The van der Waals surface area contributed by atoms with Gasteiger partial charge in [-0.05, 0) is 18.6 Å². The van der Waals surface area contributed by atoms with E-state index in [-0.39, 0.29) is 11.8 Å². The van der Waals surface area contributed by atoms with Gasteiger partial charge in [0.15, 0.2) is 0 Å². The Morgan fingerprint density at radius 1 is 1.25 bits per heavy atom. The molecule has 0 bridgehead atoms. The topological polar surface area (TPSA) is 40.6 Å². The summed E-state index contributed by atoms with van der Waals surface area (Å²) in [4.78, 5) is 27.3. The molecule has 0 aromatic heterocycles. The Labute approximate surface area is 120 Å². The fourth-order valence-corrected chi connectivity index (χ4v) is 2.64. The van der Waals surface area contributed by atoms with Crippen LogP contribution in [0.2, 0.25) is 0 Å². The molecular weight excluding hydrogens is 252 g/mol. The third-order valence-electron chi connectivity index (χ3n) is 3.75. The molecule has 1 aliphatic rings. The molecule has 1 unspecified atom stereocenters. The molecule has 0 fully saturated rings. The van der Waals surface area contributed by atoms with E-state index in [4.69, 9.17) is 0 Å². The van der Waals surface area contributed by atoms with Crippen LogP contribution in [0.3, 0.4) is 0 Å². The van der Waals surface area contributed by atoms with E-state index >= 15 is 0 Å². The molecule has 108 valence electrons. The van der Waals surface area contributed by atoms with E-state index in [9.17, 15) is 9.59 Å². The molecule has 1 aliphatic heterocycles. The summed E-state index contributed by atoms with van der Waals surface area (Å²) in [5.41, 5.74) is 1.68.